The van der Waals surface area contributed by atoms with Crippen LogP contribution in [0, 0.1) is 5.82 Å². The van der Waals surface area contributed by atoms with E-state index >= 15 is 0 Å². The van der Waals surface area contributed by atoms with E-state index in [2.05, 4.69) is 20.8 Å². The monoisotopic (exact) mass is 418 g/mol. The fourth-order valence-electron chi connectivity index (χ4n) is 2.26. The van der Waals surface area contributed by atoms with Crippen molar-refractivity contribution in [3.63, 3.8) is 0 Å². The van der Waals surface area contributed by atoms with Gasteiger partial charge in [0, 0.05) is 24.1 Å². The SMILES string of the molecule is CC(=O)Nc1cccc(Nc2nnc(SCCCOc3ccc(F)cc3)s2)c1. The number of amides is 1. The van der Waals surface area contributed by atoms with Gasteiger partial charge in [-0.3, -0.25) is 4.79 Å². The molecule has 0 aliphatic rings. The summed E-state index contributed by atoms with van der Waals surface area (Å²) < 4.78 is 19.3. The summed E-state index contributed by atoms with van der Waals surface area (Å²) in [5, 5.41) is 14.9. The molecule has 0 saturated carbocycles. The molecule has 146 valence electrons. The summed E-state index contributed by atoms with van der Waals surface area (Å²) in [5.74, 6) is 1.12. The highest BCUT2D eigenvalue weighted by atomic mass is 32.2. The summed E-state index contributed by atoms with van der Waals surface area (Å²) in [5.41, 5.74) is 1.55. The first-order valence-corrected chi connectivity index (χ1v) is 10.4. The van der Waals surface area contributed by atoms with Crippen LogP contribution >= 0.6 is 23.1 Å². The molecule has 0 bridgehead atoms. The third-order valence-corrected chi connectivity index (χ3v) is 5.50. The second kappa shape index (κ2) is 10.0. The van der Waals surface area contributed by atoms with Gasteiger partial charge in [0.1, 0.15) is 11.6 Å². The zero-order valence-corrected chi connectivity index (χ0v) is 16.8. The number of benzene rings is 2. The highest BCUT2D eigenvalue weighted by Gasteiger charge is 2.06. The van der Waals surface area contributed by atoms with E-state index in [9.17, 15) is 9.18 Å². The minimum atomic E-state index is -0.273. The lowest BCUT2D eigenvalue weighted by molar-refractivity contribution is -0.114. The Labute approximate surface area is 170 Å². The van der Waals surface area contributed by atoms with Gasteiger partial charge >= 0.3 is 0 Å². The molecule has 0 atom stereocenters. The summed E-state index contributed by atoms with van der Waals surface area (Å²) in [6.45, 7) is 2.03. The summed E-state index contributed by atoms with van der Waals surface area (Å²) in [6, 6.07) is 13.4. The number of nitrogens with zero attached hydrogens (tertiary/aromatic N) is 2. The van der Waals surface area contributed by atoms with Crippen molar-refractivity contribution in [2.24, 2.45) is 0 Å². The summed E-state index contributed by atoms with van der Waals surface area (Å²) in [7, 11) is 0. The highest BCUT2D eigenvalue weighted by Crippen LogP contribution is 2.28. The molecule has 0 saturated heterocycles. The summed E-state index contributed by atoms with van der Waals surface area (Å²) in [4.78, 5) is 11.1. The predicted octanol–water partition coefficient (Wildman–Crippen LogP) is 4.94. The van der Waals surface area contributed by atoms with Crippen molar-refractivity contribution in [2.45, 2.75) is 17.7 Å². The number of nitrogens with one attached hydrogen (secondary N) is 2. The average Bonchev–Trinajstić information content (AvgIpc) is 3.10. The van der Waals surface area contributed by atoms with Crippen LogP contribution in [0.25, 0.3) is 0 Å². The van der Waals surface area contributed by atoms with Crippen molar-refractivity contribution in [2.75, 3.05) is 23.0 Å². The predicted molar refractivity (Wildman–Crippen MR) is 111 cm³/mol. The third-order valence-electron chi connectivity index (χ3n) is 3.44. The van der Waals surface area contributed by atoms with E-state index < -0.39 is 0 Å². The van der Waals surface area contributed by atoms with Gasteiger partial charge in [-0.2, -0.15) is 0 Å². The maximum atomic E-state index is 12.8. The second-order valence-electron chi connectivity index (χ2n) is 5.76. The fourth-order valence-corrected chi connectivity index (χ4v) is 4.01. The number of hydrogen-bond acceptors (Lipinski definition) is 7. The van der Waals surface area contributed by atoms with Crippen molar-refractivity contribution < 1.29 is 13.9 Å². The number of rotatable bonds is 9. The normalized spacial score (nSPS) is 10.5. The third kappa shape index (κ3) is 6.50. The van der Waals surface area contributed by atoms with Gasteiger partial charge in [-0.1, -0.05) is 29.2 Å². The molecule has 9 heteroatoms. The molecule has 2 N–H and O–H groups in total. The molecule has 1 aromatic heterocycles. The second-order valence-corrected chi connectivity index (χ2v) is 8.08. The van der Waals surface area contributed by atoms with Crippen LogP contribution in [-0.4, -0.2) is 28.5 Å². The smallest absolute Gasteiger partial charge is 0.221 e. The lowest BCUT2D eigenvalue weighted by Crippen LogP contribution is -2.05. The molecule has 1 amide bonds. The number of carbonyl (C=O) groups excluding carboxylic acids is 1. The van der Waals surface area contributed by atoms with E-state index in [0.29, 0.717) is 17.5 Å². The standard InChI is InChI=1S/C19H19FN4O2S2/c1-13(25)21-15-4-2-5-16(12-15)22-18-23-24-19(28-18)27-11-3-10-26-17-8-6-14(20)7-9-17/h2,4-9,12H,3,10-11H2,1H3,(H,21,25)(H,22,23). The molecule has 3 rings (SSSR count). The van der Waals surface area contributed by atoms with Crippen LogP contribution in [0.3, 0.4) is 0 Å². The Morgan fingerprint density at radius 1 is 1.18 bits per heavy atom. The quantitative estimate of drug-likeness (QED) is 0.379. The number of anilines is 3. The maximum absolute atomic E-state index is 12.8. The van der Waals surface area contributed by atoms with Crippen molar-refractivity contribution in [1.82, 2.24) is 10.2 Å². The largest absolute Gasteiger partial charge is 0.494 e. The van der Waals surface area contributed by atoms with Gasteiger partial charge < -0.3 is 15.4 Å². The molecule has 0 spiro atoms. The number of aromatic nitrogens is 2. The fraction of sp³-hybridized carbons (Fsp3) is 0.211. The van der Waals surface area contributed by atoms with Crippen LogP contribution < -0.4 is 15.4 Å². The molecule has 3 aromatic rings. The van der Waals surface area contributed by atoms with E-state index in [4.69, 9.17) is 4.74 Å². The van der Waals surface area contributed by atoms with Crippen molar-refractivity contribution in [3.05, 3.63) is 54.3 Å². The zero-order valence-electron chi connectivity index (χ0n) is 15.1. The minimum absolute atomic E-state index is 0.116. The molecular formula is C19H19FN4O2S2. The summed E-state index contributed by atoms with van der Waals surface area (Å²) in [6.07, 6.45) is 0.836. The van der Waals surface area contributed by atoms with Gasteiger partial charge in [0.2, 0.25) is 11.0 Å². The Kier molecular flexibility index (Phi) is 7.21. The van der Waals surface area contributed by atoms with Gasteiger partial charge in [0.15, 0.2) is 4.34 Å². The number of halogens is 1. The Morgan fingerprint density at radius 3 is 2.75 bits per heavy atom. The molecule has 0 fully saturated rings. The first kappa shape index (κ1) is 20.1. The molecule has 6 nitrogen and oxygen atoms in total. The van der Waals surface area contributed by atoms with Crippen molar-refractivity contribution in [1.29, 1.82) is 0 Å². The van der Waals surface area contributed by atoms with Gasteiger partial charge in [-0.05, 0) is 48.9 Å². The van der Waals surface area contributed by atoms with E-state index in [0.717, 1.165) is 27.9 Å². The van der Waals surface area contributed by atoms with E-state index in [1.807, 2.05) is 24.3 Å². The first-order valence-electron chi connectivity index (χ1n) is 8.58. The molecule has 28 heavy (non-hydrogen) atoms. The van der Waals surface area contributed by atoms with E-state index in [1.165, 1.54) is 30.4 Å². The van der Waals surface area contributed by atoms with E-state index in [-0.39, 0.29) is 11.7 Å². The maximum Gasteiger partial charge on any atom is 0.221 e. The lowest BCUT2D eigenvalue weighted by Gasteiger charge is -2.05. The van der Waals surface area contributed by atoms with E-state index in [1.54, 1.807) is 23.9 Å². The number of carbonyl (C=O) groups is 1. The molecule has 2 aromatic carbocycles. The zero-order chi connectivity index (χ0) is 19.8. The molecule has 1 heterocycles. The van der Waals surface area contributed by atoms with Crippen molar-refractivity contribution >= 4 is 45.5 Å². The number of ether oxygens (including phenoxy) is 1. The van der Waals surface area contributed by atoms with Gasteiger partial charge in [0.05, 0.1) is 6.61 Å². The van der Waals surface area contributed by atoms with Crippen LogP contribution in [0.1, 0.15) is 13.3 Å². The van der Waals surface area contributed by atoms with Crippen LogP contribution in [0.15, 0.2) is 52.9 Å². The van der Waals surface area contributed by atoms with Crippen LogP contribution in [0.5, 0.6) is 5.75 Å². The van der Waals surface area contributed by atoms with Gasteiger partial charge in [0.25, 0.3) is 0 Å². The Morgan fingerprint density at radius 2 is 1.96 bits per heavy atom. The minimum Gasteiger partial charge on any atom is -0.494 e. The molecule has 0 aliphatic carbocycles. The number of hydrogen-bond donors (Lipinski definition) is 2. The van der Waals surface area contributed by atoms with Crippen LogP contribution in [-0.2, 0) is 4.79 Å². The lowest BCUT2D eigenvalue weighted by atomic mass is 10.3. The Balaban J connectivity index is 1.41. The van der Waals surface area contributed by atoms with Gasteiger partial charge in [-0.15, -0.1) is 10.2 Å². The summed E-state index contributed by atoms with van der Waals surface area (Å²) >= 11 is 3.07. The first-order chi connectivity index (χ1) is 13.6. The van der Waals surface area contributed by atoms with Gasteiger partial charge in [-0.25, -0.2) is 4.39 Å². The molecular weight excluding hydrogens is 399 g/mol. The molecule has 0 radical (unpaired) electrons. The van der Waals surface area contributed by atoms with Crippen LogP contribution in [0.2, 0.25) is 0 Å². The van der Waals surface area contributed by atoms with Crippen molar-refractivity contribution in [3.8, 4) is 5.75 Å². The Hall–Kier alpha value is -2.65. The highest BCUT2D eigenvalue weighted by molar-refractivity contribution is 8.01. The Bertz CT molecular complexity index is 918. The molecule has 0 aliphatic heterocycles. The topological polar surface area (TPSA) is 76.1 Å². The molecule has 0 unspecified atom stereocenters. The average molecular weight is 419 g/mol. The number of thioether (sulfide) groups is 1. The van der Waals surface area contributed by atoms with Crippen LogP contribution in [0.4, 0.5) is 20.9 Å².